The molecule has 0 aliphatic carbocycles. The second-order valence-electron chi connectivity index (χ2n) is 4.08. The van der Waals surface area contributed by atoms with Gasteiger partial charge in [0.2, 0.25) is 0 Å². The van der Waals surface area contributed by atoms with Crippen molar-refractivity contribution >= 4 is 11.8 Å². The third-order valence-electron chi connectivity index (χ3n) is 2.85. The summed E-state index contributed by atoms with van der Waals surface area (Å²) in [6, 6.07) is 3.77. The Kier molecular flexibility index (Phi) is 3.93. The van der Waals surface area contributed by atoms with Gasteiger partial charge in [0.1, 0.15) is 11.4 Å². The fourth-order valence-corrected chi connectivity index (χ4v) is 1.96. The van der Waals surface area contributed by atoms with Crippen molar-refractivity contribution in [3.05, 3.63) is 23.9 Å². The van der Waals surface area contributed by atoms with Crippen molar-refractivity contribution in [2.45, 2.75) is 18.9 Å². The van der Waals surface area contributed by atoms with E-state index >= 15 is 0 Å². The number of esters is 1. The molecule has 1 aromatic heterocycles. The molecule has 1 saturated heterocycles. The van der Waals surface area contributed by atoms with Crippen molar-refractivity contribution in [3.8, 4) is 0 Å². The van der Waals surface area contributed by atoms with Gasteiger partial charge in [-0.1, -0.05) is 0 Å². The quantitative estimate of drug-likeness (QED) is 0.766. The molecule has 1 aliphatic heterocycles. The van der Waals surface area contributed by atoms with Gasteiger partial charge in [0.05, 0.1) is 7.11 Å². The average molecular weight is 235 g/mol. The first kappa shape index (κ1) is 11.9. The SMILES string of the molecule is COC(=O)c1cccnc1NC1CCCNC1. The zero-order valence-electron chi connectivity index (χ0n) is 9.90. The summed E-state index contributed by atoms with van der Waals surface area (Å²) in [5.74, 6) is 0.248. The number of nitrogens with one attached hydrogen (secondary N) is 2. The lowest BCUT2D eigenvalue weighted by molar-refractivity contribution is 0.0601. The topological polar surface area (TPSA) is 63.2 Å². The van der Waals surface area contributed by atoms with Crippen LogP contribution in [-0.2, 0) is 4.74 Å². The molecule has 5 nitrogen and oxygen atoms in total. The minimum atomic E-state index is -0.357. The van der Waals surface area contributed by atoms with Crippen LogP contribution in [0.5, 0.6) is 0 Å². The number of methoxy groups -OCH3 is 1. The number of rotatable bonds is 3. The Labute approximate surface area is 101 Å². The largest absolute Gasteiger partial charge is 0.465 e. The first-order chi connectivity index (χ1) is 8.31. The van der Waals surface area contributed by atoms with E-state index in [0.29, 0.717) is 17.4 Å². The molecule has 1 aromatic rings. The molecule has 2 N–H and O–H groups in total. The molecule has 17 heavy (non-hydrogen) atoms. The van der Waals surface area contributed by atoms with Crippen LogP contribution in [-0.4, -0.2) is 37.2 Å². The van der Waals surface area contributed by atoms with Gasteiger partial charge in [-0.05, 0) is 31.5 Å². The Morgan fingerprint density at radius 3 is 3.24 bits per heavy atom. The van der Waals surface area contributed by atoms with Crippen LogP contribution in [0.3, 0.4) is 0 Å². The molecule has 0 aromatic carbocycles. The highest BCUT2D eigenvalue weighted by Crippen LogP contribution is 2.16. The van der Waals surface area contributed by atoms with Crippen molar-refractivity contribution in [1.82, 2.24) is 10.3 Å². The Bertz CT molecular complexity index is 389. The van der Waals surface area contributed by atoms with Gasteiger partial charge in [-0.3, -0.25) is 0 Å². The van der Waals surface area contributed by atoms with E-state index in [4.69, 9.17) is 4.74 Å². The molecular weight excluding hydrogens is 218 g/mol. The number of nitrogens with zero attached hydrogens (tertiary/aromatic N) is 1. The lowest BCUT2D eigenvalue weighted by Gasteiger charge is -2.24. The number of hydrogen-bond donors (Lipinski definition) is 2. The van der Waals surface area contributed by atoms with Gasteiger partial charge in [0.15, 0.2) is 0 Å². The lowest BCUT2D eigenvalue weighted by Crippen LogP contribution is -2.39. The van der Waals surface area contributed by atoms with Crippen LogP contribution < -0.4 is 10.6 Å². The number of pyridine rings is 1. The van der Waals surface area contributed by atoms with E-state index in [0.717, 1.165) is 25.9 Å². The van der Waals surface area contributed by atoms with E-state index in [1.807, 2.05) is 0 Å². The first-order valence-electron chi connectivity index (χ1n) is 5.82. The third kappa shape index (κ3) is 2.94. The number of carbonyl (C=O) groups excluding carboxylic acids is 1. The zero-order chi connectivity index (χ0) is 12.1. The van der Waals surface area contributed by atoms with Crippen molar-refractivity contribution < 1.29 is 9.53 Å². The minimum absolute atomic E-state index is 0.321. The number of aromatic nitrogens is 1. The normalized spacial score (nSPS) is 19.7. The van der Waals surface area contributed by atoms with Crippen LogP contribution >= 0.6 is 0 Å². The van der Waals surface area contributed by atoms with Crippen molar-refractivity contribution in [2.75, 3.05) is 25.5 Å². The smallest absolute Gasteiger partial charge is 0.341 e. The molecule has 0 spiro atoms. The summed E-state index contributed by atoms with van der Waals surface area (Å²) in [6.07, 6.45) is 3.90. The van der Waals surface area contributed by atoms with Gasteiger partial charge in [-0.2, -0.15) is 0 Å². The Morgan fingerprint density at radius 2 is 2.53 bits per heavy atom. The van der Waals surface area contributed by atoms with Crippen LogP contribution in [0.1, 0.15) is 23.2 Å². The molecule has 1 fully saturated rings. The van der Waals surface area contributed by atoms with E-state index in [-0.39, 0.29) is 5.97 Å². The second-order valence-corrected chi connectivity index (χ2v) is 4.08. The number of ether oxygens (including phenoxy) is 1. The standard InChI is InChI=1S/C12H17N3O2/c1-17-12(16)10-5-3-7-14-11(10)15-9-4-2-6-13-8-9/h3,5,7,9,13H,2,4,6,8H2,1H3,(H,14,15). The highest BCUT2D eigenvalue weighted by molar-refractivity contribution is 5.94. The molecule has 2 rings (SSSR count). The van der Waals surface area contributed by atoms with E-state index < -0.39 is 0 Å². The third-order valence-corrected chi connectivity index (χ3v) is 2.85. The summed E-state index contributed by atoms with van der Waals surface area (Å²) in [4.78, 5) is 15.8. The van der Waals surface area contributed by atoms with Crippen LogP contribution in [0.15, 0.2) is 18.3 Å². The first-order valence-corrected chi connectivity index (χ1v) is 5.82. The fraction of sp³-hybridized carbons (Fsp3) is 0.500. The summed E-state index contributed by atoms with van der Waals surface area (Å²) >= 11 is 0. The van der Waals surface area contributed by atoms with Crippen molar-refractivity contribution in [2.24, 2.45) is 0 Å². The molecular formula is C12H17N3O2. The van der Waals surface area contributed by atoms with Gasteiger partial charge in [0, 0.05) is 18.8 Å². The van der Waals surface area contributed by atoms with E-state index in [2.05, 4.69) is 15.6 Å². The van der Waals surface area contributed by atoms with Crippen LogP contribution in [0.25, 0.3) is 0 Å². The maximum Gasteiger partial charge on any atom is 0.341 e. The summed E-state index contributed by atoms with van der Waals surface area (Å²) in [7, 11) is 1.38. The average Bonchev–Trinajstić information content (AvgIpc) is 2.40. The predicted octanol–water partition coefficient (Wildman–Crippen LogP) is 1.03. The Hall–Kier alpha value is -1.62. The van der Waals surface area contributed by atoms with Gasteiger partial charge < -0.3 is 15.4 Å². The molecule has 1 atom stereocenters. The van der Waals surface area contributed by atoms with Gasteiger partial charge >= 0.3 is 5.97 Å². The van der Waals surface area contributed by atoms with E-state index in [1.165, 1.54) is 7.11 Å². The van der Waals surface area contributed by atoms with Crippen molar-refractivity contribution in [1.29, 1.82) is 0 Å². The lowest BCUT2D eigenvalue weighted by atomic mass is 10.1. The van der Waals surface area contributed by atoms with Crippen LogP contribution in [0, 0.1) is 0 Å². The molecule has 5 heteroatoms. The zero-order valence-corrected chi connectivity index (χ0v) is 9.90. The minimum Gasteiger partial charge on any atom is -0.465 e. The number of piperidine rings is 1. The van der Waals surface area contributed by atoms with Gasteiger partial charge in [-0.25, -0.2) is 9.78 Å². The van der Waals surface area contributed by atoms with Crippen LogP contribution in [0.4, 0.5) is 5.82 Å². The summed E-state index contributed by atoms with van der Waals surface area (Å²) in [6.45, 7) is 1.96. The summed E-state index contributed by atoms with van der Waals surface area (Å²) < 4.78 is 4.73. The molecule has 2 heterocycles. The molecule has 0 bridgehead atoms. The fourth-order valence-electron chi connectivity index (χ4n) is 1.96. The molecule has 1 unspecified atom stereocenters. The van der Waals surface area contributed by atoms with Gasteiger partial charge in [-0.15, -0.1) is 0 Å². The highest BCUT2D eigenvalue weighted by atomic mass is 16.5. The number of carbonyl (C=O) groups is 1. The number of anilines is 1. The maximum absolute atomic E-state index is 11.6. The van der Waals surface area contributed by atoms with Gasteiger partial charge in [0.25, 0.3) is 0 Å². The molecule has 92 valence electrons. The maximum atomic E-state index is 11.6. The summed E-state index contributed by atoms with van der Waals surface area (Å²) in [5.41, 5.74) is 0.487. The van der Waals surface area contributed by atoms with Crippen molar-refractivity contribution in [3.63, 3.8) is 0 Å². The second kappa shape index (κ2) is 5.63. The van der Waals surface area contributed by atoms with Crippen LogP contribution in [0.2, 0.25) is 0 Å². The number of hydrogen-bond acceptors (Lipinski definition) is 5. The Balaban J connectivity index is 2.11. The van der Waals surface area contributed by atoms with E-state index in [1.54, 1.807) is 18.3 Å². The highest BCUT2D eigenvalue weighted by Gasteiger charge is 2.17. The Morgan fingerprint density at radius 1 is 1.65 bits per heavy atom. The molecule has 0 radical (unpaired) electrons. The van der Waals surface area contributed by atoms with E-state index in [9.17, 15) is 4.79 Å². The molecule has 0 amide bonds. The predicted molar refractivity (Wildman–Crippen MR) is 65.1 cm³/mol. The monoisotopic (exact) mass is 235 g/mol. The molecule has 0 saturated carbocycles. The molecule has 1 aliphatic rings. The summed E-state index contributed by atoms with van der Waals surface area (Å²) in [5, 5.41) is 6.60.